The average molecular weight is 350 g/mol. The Bertz CT molecular complexity index is 717. The Morgan fingerprint density at radius 3 is 2.71 bits per heavy atom. The molecule has 2 amide bonds. The van der Waals surface area contributed by atoms with Gasteiger partial charge in [0.1, 0.15) is 28.6 Å². The van der Waals surface area contributed by atoms with Crippen LogP contribution in [0.25, 0.3) is 0 Å². The van der Waals surface area contributed by atoms with Gasteiger partial charge in [0.15, 0.2) is 6.61 Å². The number of carbonyl (C=O) groups is 3. The Hall–Kier alpha value is -2.68. The van der Waals surface area contributed by atoms with Gasteiger partial charge in [-0.25, -0.2) is 4.79 Å². The number of thioether (sulfide) groups is 1. The van der Waals surface area contributed by atoms with Crippen molar-refractivity contribution >= 4 is 29.5 Å². The lowest BCUT2D eigenvalue weighted by Crippen LogP contribution is -2.70. The van der Waals surface area contributed by atoms with Gasteiger partial charge in [-0.2, -0.15) is 0 Å². The summed E-state index contributed by atoms with van der Waals surface area (Å²) in [5, 5.41) is 20.4. The number of nitrogens with one attached hydrogen (secondary N) is 1. The smallest absolute Gasteiger partial charge is 0.352 e. The van der Waals surface area contributed by atoms with Gasteiger partial charge in [-0.1, -0.05) is 0 Å². The van der Waals surface area contributed by atoms with Crippen LogP contribution in [-0.4, -0.2) is 56.7 Å². The number of carboxylic acid groups (broad SMARTS) is 1. The molecule has 0 aromatic heterocycles. The van der Waals surface area contributed by atoms with E-state index in [0.717, 1.165) is 0 Å². The van der Waals surface area contributed by atoms with E-state index in [1.165, 1.54) is 47.0 Å². The molecule has 1 unspecified atom stereocenters. The molecular formula is C15H14N2O6S. The van der Waals surface area contributed by atoms with Gasteiger partial charge in [0.05, 0.1) is 0 Å². The first-order chi connectivity index (χ1) is 11.5. The molecule has 9 heteroatoms. The van der Waals surface area contributed by atoms with Crippen LogP contribution >= 0.6 is 11.8 Å². The van der Waals surface area contributed by atoms with Crippen molar-refractivity contribution in [3.8, 4) is 11.5 Å². The Labute approximate surface area is 141 Å². The van der Waals surface area contributed by atoms with Crippen LogP contribution in [0, 0.1) is 0 Å². The number of hydrogen-bond donors (Lipinski definition) is 3. The minimum Gasteiger partial charge on any atom is -0.508 e. The summed E-state index contributed by atoms with van der Waals surface area (Å²) < 4.78 is 5.26. The fourth-order valence-electron chi connectivity index (χ4n) is 2.44. The summed E-state index contributed by atoms with van der Waals surface area (Å²) in [7, 11) is 0. The van der Waals surface area contributed by atoms with Gasteiger partial charge in [-0.05, 0) is 30.3 Å². The Kier molecular flexibility index (Phi) is 4.34. The van der Waals surface area contributed by atoms with Crippen molar-refractivity contribution in [1.29, 1.82) is 0 Å². The van der Waals surface area contributed by atoms with E-state index in [9.17, 15) is 14.4 Å². The number of phenols is 1. The second-order valence-electron chi connectivity index (χ2n) is 5.15. The van der Waals surface area contributed by atoms with E-state index in [1.807, 2.05) is 0 Å². The predicted molar refractivity (Wildman–Crippen MR) is 84.3 cm³/mol. The van der Waals surface area contributed by atoms with E-state index >= 15 is 0 Å². The number of fused-ring (bicyclic) bond motifs is 1. The van der Waals surface area contributed by atoms with Gasteiger partial charge < -0.3 is 20.3 Å². The molecule has 0 aliphatic carbocycles. The summed E-state index contributed by atoms with van der Waals surface area (Å²) in [5.74, 6) is -1.12. The molecule has 1 aromatic rings. The maximum Gasteiger partial charge on any atom is 0.352 e. The van der Waals surface area contributed by atoms with Crippen LogP contribution in [0.2, 0.25) is 0 Å². The third-order valence-electron chi connectivity index (χ3n) is 3.59. The SMILES string of the molecule is O=C(COc1ccc(O)cc1)NC1C(=O)N2C(C(=O)O)=CCS[C@H]12. The van der Waals surface area contributed by atoms with Crippen LogP contribution in [0.1, 0.15) is 0 Å². The van der Waals surface area contributed by atoms with Crippen LogP contribution < -0.4 is 10.1 Å². The number of hydrogen-bond acceptors (Lipinski definition) is 6. The molecule has 1 saturated heterocycles. The molecule has 2 aliphatic rings. The number of rotatable bonds is 5. The third kappa shape index (κ3) is 3.02. The monoisotopic (exact) mass is 350 g/mol. The zero-order chi connectivity index (χ0) is 17.3. The molecule has 0 saturated carbocycles. The molecule has 0 radical (unpaired) electrons. The number of amides is 2. The largest absolute Gasteiger partial charge is 0.508 e. The summed E-state index contributed by atoms with van der Waals surface area (Å²) in [4.78, 5) is 36.3. The van der Waals surface area contributed by atoms with Gasteiger partial charge in [0, 0.05) is 5.75 Å². The van der Waals surface area contributed by atoms with Crippen LogP contribution in [-0.2, 0) is 14.4 Å². The number of β-lactam (4-membered cyclic amide) rings is 1. The fraction of sp³-hybridized carbons (Fsp3) is 0.267. The highest BCUT2D eigenvalue weighted by Gasteiger charge is 2.52. The zero-order valence-electron chi connectivity index (χ0n) is 12.3. The molecule has 2 aliphatic heterocycles. The molecule has 2 heterocycles. The Balaban J connectivity index is 1.54. The van der Waals surface area contributed by atoms with Crippen molar-refractivity contribution in [2.24, 2.45) is 0 Å². The van der Waals surface area contributed by atoms with Crippen molar-refractivity contribution in [1.82, 2.24) is 10.2 Å². The first-order valence-corrected chi connectivity index (χ1v) is 8.11. The van der Waals surface area contributed by atoms with Crippen molar-refractivity contribution in [2.75, 3.05) is 12.4 Å². The quantitative estimate of drug-likeness (QED) is 0.647. The van der Waals surface area contributed by atoms with Crippen LogP contribution in [0.3, 0.4) is 0 Å². The van der Waals surface area contributed by atoms with Gasteiger partial charge in [0.25, 0.3) is 11.8 Å². The molecule has 126 valence electrons. The number of carbonyl (C=O) groups excluding carboxylic acids is 2. The molecule has 0 spiro atoms. The maximum atomic E-state index is 12.1. The highest BCUT2D eigenvalue weighted by molar-refractivity contribution is 8.00. The topological polar surface area (TPSA) is 116 Å². The average Bonchev–Trinajstić information content (AvgIpc) is 2.58. The molecular weight excluding hydrogens is 336 g/mol. The molecule has 8 nitrogen and oxygen atoms in total. The predicted octanol–water partition coefficient (Wildman–Crippen LogP) is 0.139. The number of aromatic hydroxyl groups is 1. The van der Waals surface area contributed by atoms with E-state index in [2.05, 4.69) is 5.32 Å². The summed E-state index contributed by atoms with van der Waals surface area (Å²) >= 11 is 1.39. The Morgan fingerprint density at radius 2 is 2.04 bits per heavy atom. The molecule has 3 N–H and O–H groups in total. The van der Waals surface area contributed by atoms with Crippen molar-refractivity contribution < 1.29 is 29.3 Å². The van der Waals surface area contributed by atoms with Crippen molar-refractivity contribution in [3.63, 3.8) is 0 Å². The number of phenolic OH excluding ortho intramolecular Hbond substituents is 1. The fourth-order valence-corrected chi connectivity index (χ4v) is 3.64. The molecule has 0 bridgehead atoms. The van der Waals surface area contributed by atoms with Crippen LogP contribution in [0.5, 0.6) is 11.5 Å². The normalized spacial score (nSPS) is 22.1. The van der Waals surface area contributed by atoms with Crippen LogP contribution in [0.4, 0.5) is 0 Å². The zero-order valence-corrected chi connectivity index (χ0v) is 13.2. The lowest BCUT2D eigenvalue weighted by molar-refractivity contribution is -0.150. The standard InChI is InChI=1S/C15H14N2O6S/c18-8-1-3-9(4-2-8)23-7-11(19)16-12-13(20)17-10(15(21)22)5-6-24-14(12)17/h1-5,12,14,18H,6-7H2,(H,16,19)(H,21,22)/t12?,14-/m1/s1. The minimum atomic E-state index is -1.16. The second-order valence-corrected chi connectivity index (χ2v) is 6.30. The third-order valence-corrected chi connectivity index (χ3v) is 4.77. The van der Waals surface area contributed by atoms with Gasteiger partial charge in [-0.15, -0.1) is 11.8 Å². The van der Waals surface area contributed by atoms with Crippen molar-refractivity contribution in [2.45, 2.75) is 11.4 Å². The van der Waals surface area contributed by atoms with Crippen molar-refractivity contribution in [3.05, 3.63) is 36.0 Å². The molecule has 3 rings (SSSR count). The number of nitrogens with zero attached hydrogens (tertiary/aromatic N) is 1. The maximum absolute atomic E-state index is 12.1. The second kappa shape index (κ2) is 6.44. The van der Waals surface area contributed by atoms with Gasteiger partial charge >= 0.3 is 5.97 Å². The van der Waals surface area contributed by atoms with E-state index in [-0.39, 0.29) is 18.1 Å². The molecule has 1 aromatic carbocycles. The van der Waals surface area contributed by atoms with E-state index < -0.39 is 29.2 Å². The van der Waals surface area contributed by atoms with E-state index in [1.54, 1.807) is 0 Å². The lowest BCUT2D eigenvalue weighted by atomic mass is 10.1. The number of carboxylic acids is 1. The summed E-state index contributed by atoms with van der Waals surface area (Å²) in [6.07, 6.45) is 1.48. The molecule has 1 fully saturated rings. The van der Waals surface area contributed by atoms with Crippen LogP contribution in [0.15, 0.2) is 36.0 Å². The van der Waals surface area contributed by atoms with Gasteiger partial charge in [-0.3, -0.25) is 14.5 Å². The first-order valence-electron chi connectivity index (χ1n) is 7.06. The number of benzene rings is 1. The van der Waals surface area contributed by atoms with E-state index in [0.29, 0.717) is 11.5 Å². The summed E-state index contributed by atoms with van der Waals surface area (Å²) in [6.45, 7) is -0.284. The molecule has 2 atom stereocenters. The molecule has 24 heavy (non-hydrogen) atoms. The number of aliphatic carboxylic acids is 1. The summed E-state index contributed by atoms with van der Waals surface area (Å²) in [5.41, 5.74) is -0.0467. The highest BCUT2D eigenvalue weighted by atomic mass is 32.2. The Morgan fingerprint density at radius 1 is 1.33 bits per heavy atom. The van der Waals surface area contributed by atoms with E-state index in [4.69, 9.17) is 14.9 Å². The highest BCUT2D eigenvalue weighted by Crippen LogP contribution is 2.37. The minimum absolute atomic E-state index is 0.0467. The first kappa shape index (κ1) is 16.2. The summed E-state index contributed by atoms with van der Waals surface area (Å²) in [6, 6.07) is 5.13. The van der Waals surface area contributed by atoms with Gasteiger partial charge in [0.2, 0.25) is 0 Å². The number of ether oxygens (including phenoxy) is 1. The lowest BCUT2D eigenvalue weighted by Gasteiger charge is -2.48.